The highest BCUT2D eigenvalue weighted by atomic mass is 127. The van der Waals surface area contributed by atoms with Crippen LogP contribution in [0.5, 0.6) is 5.75 Å². The van der Waals surface area contributed by atoms with Crippen molar-refractivity contribution in [3.8, 4) is 5.75 Å². The summed E-state index contributed by atoms with van der Waals surface area (Å²) in [6.07, 6.45) is 1.45. The minimum atomic E-state index is -0.557. The molecule has 27 heavy (non-hydrogen) atoms. The maximum Gasteiger partial charge on any atom is 0.311 e. The van der Waals surface area contributed by atoms with Crippen molar-refractivity contribution in [1.82, 2.24) is 4.90 Å². The molecule has 0 radical (unpaired) electrons. The standard InChI is InChI=1S/C18H13IN2O5S/c1-26-16-12(3-2-4-14(16)21(24)25)9-15-17(22)20(18(23)27-15)10-11-5-7-13(19)8-6-11/h2-9H,10H2,1H3/b15-9-. The summed E-state index contributed by atoms with van der Waals surface area (Å²) in [6.45, 7) is 0.172. The zero-order valence-electron chi connectivity index (χ0n) is 14.0. The molecule has 1 saturated heterocycles. The SMILES string of the molecule is COc1c(/C=C2\SC(=O)N(Cc3ccc(I)cc3)C2=O)cccc1[N+](=O)[O-]. The molecular weight excluding hydrogens is 483 g/mol. The molecular formula is C18H13IN2O5S. The van der Waals surface area contributed by atoms with E-state index in [0.717, 1.165) is 25.8 Å². The third-order valence-corrected chi connectivity index (χ3v) is 5.47. The molecule has 0 bridgehead atoms. The summed E-state index contributed by atoms with van der Waals surface area (Å²) in [5.74, 6) is -0.385. The molecule has 7 nitrogen and oxygen atoms in total. The molecule has 0 spiro atoms. The third kappa shape index (κ3) is 4.14. The molecule has 2 aromatic carbocycles. The van der Waals surface area contributed by atoms with Crippen LogP contribution in [0.25, 0.3) is 6.08 Å². The number of para-hydroxylation sites is 1. The molecule has 1 aliphatic rings. The summed E-state index contributed by atoms with van der Waals surface area (Å²) in [4.78, 5) is 36.9. The number of halogens is 1. The predicted octanol–water partition coefficient (Wildman–Crippen LogP) is 4.44. The fourth-order valence-corrected chi connectivity index (χ4v) is 3.76. The Labute approximate surface area is 172 Å². The van der Waals surface area contributed by atoms with Gasteiger partial charge < -0.3 is 4.74 Å². The Bertz CT molecular complexity index is 959. The topological polar surface area (TPSA) is 89.8 Å². The first-order valence-electron chi connectivity index (χ1n) is 7.72. The quantitative estimate of drug-likeness (QED) is 0.263. The van der Waals surface area contributed by atoms with Crippen molar-refractivity contribution in [1.29, 1.82) is 0 Å². The fraction of sp³-hybridized carbons (Fsp3) is 0.111. The lowest BCUT2D eigenvalue weighted by Gasteiger charge is -2.12. The van der Waals surface area contributed by atoms with E-state index in [1.165, 1.54) is 25.3 Å². The summed E-state index contributed by atoms with van der Waals surface area (Å²) < 4.78 is 6.20. The van der Waals surface area contributed by atoms with Gasteiger partial charge in [-0.1, -0.05) is 24.3 Å². The second-order valence-electron chi connectivity index (χ2n) is 5.55. The van der Waals surface area contributed by atoms with Crippen LogP contribution in [0.4, 0.5) is 10.5 Å². The number of nitrogens with zero attached hydrogens (tertiary/aromatic N) is 2. The van der Waals surface area contributed by atoms with Crippen molar-refractivity contribution >= 4 is 57.3 Å². The number of nitro groups is 1. The summed E-state index contributed by atoms with van der Waals surface area (Å²) >= 11 is 2.98. The molecule has 1 aliphatic heterocycles. The van der Waals surface area contributed by atoms with Crippen LogP contribution in [0, 0.1) is 13.7 Å². The number of imide groups is 1. The molecule has 0 unspecified atom stereocenters. The van der Waals surface area contributed by atoms with Crippen LogP contribution in [0.2, 0.25) is 0 Å². The van der Waals surface area contributed by atoms with E-state index in [1.807, 2.05) is 24.3 Å². The van der Waals surface area contributed by atoms with Crippen molar-refractivity contribution < 1.29 is 19.2 Å². The molecule has 9 heteroatoms. The summed E-state index contributed by atoms with van der Waals surface area (Å²) in [6, 6.07) is 11.9. The highest BCUT2D eigenvalue weighted by Crippen LogP contribution is 2.37. The Hall–Kier alpha value is -2.40. The van der Waals surface area contributed by atoms with E-state index in [2.05, 4.69) is 22.6 Å². The lowest BCUT2D eigenvalue weighted by Crippen LogP contribution is -2.27. The van der Waals surface area contributed by atoms with Gasteiger partial charge in [0.05, 0.1) is 23.5 Å². The Morgan fingerprint density at radius 2 is 1.93 bits per heavy atom. The second kappa shape index (κ2) is 8.09. The fourth-order valence-electron chi connectivity index (χ4n) is 2.57. The van der Waals surface area contributed by atoms with Crippen LogP contribution >= 0.6 is 34.4 Å². The maximum absolute atomic E-state index is 12.6. The first-order valence-corrected chi connectivity index (χ1v) is 9.61. The first kappa shape index (κ1) is 19.4. The summed E-state index contributed by atoms with van der Waals surface area (Å²) in [5.41, 5.74) is 1.00. The lowest BCUT2D eigenvalue weighted by atomic mass is 10.1. The molecule has 3 rings (SSSR count). The number of benzene rings is 2. The summed E-state index contributed by atoms with van der Waals surface area (Å²) in [7, 11) is 1.32. The van der Waals surface area contributed by atoms with Gasteiger partial charge in [-0.15, -0.1) is 0 Å². The van der Waals surface area contributed by atoms with Crippen molar-refractivity contribution in [2.75, 3.05) is 7.11 Å². The number of nitro benzene ring substituents is 1. The van der Waals surface area contributed by atoms with Crippen molar-refractivity contribution in [3.63, 3.8) is 0 Å². The van der Waals surface area contributed by atoms with Crippen LogP contribution in [0.3, 0.4) is 0 Å². The van der Waals surface area contributed by atoms with Crippen molar-refractivity contribution in [2.45, 2.75) is 6.54 Å². The van der Waals surface area contributed by atoms with E-state index in [9.17, 15) is 19.7 Å². The average Bonchev–Trinajstić information content (AvgIpc) is 2.90. The highest BCUT2D eigenvalue weighted by molar-refractivity contribution is 14.1. The largest absolute Gasteiger partial charge is 0.490 e. The number of hydrogen-bond donors (Lipinski definition) is 0. The van der Waals surface area contributed by atoms with Crippen LogP contribution in [-0.2, 0) is 11.3 Å². The van der Waals surface area contributed by atoms with Gasteiger partial charge in [0.15, 0.2) is 0 Å². The van der Waals surface area contributed by atoms with Gasteiger partial charge in [0.1, 0.15) is 0 Å². The number of hydrogen-bond acceptors (Lipinski definition) is 6. The lowest BCUT2D eigenvalue weighted by molar-refractivity contribution is -0.385. The number of methoxy groups -OCH3 is 1. The number of thioether (sulfide) groups is 1. The van der Waals surface area contributed by atoms with Crippen LogP contribution in [0.15, 0.2) is 47.4 Å². The number of ether oxygens (including phenoxy) is 1. The second-order valence-corrected chi connectivity index (χ2v) is 7.79. The van der Waals surface area contributed by atoms with Gasteiger partial charge in [-0.3, -0.25) is 24.6 Å². The third-order valence-electron chi connectivity index (χ3n) is 3.84. The molecule has 2 aromatic rings. The molecule has 138 valence electrons. The van der Waals surface area contributed by atoms with E-state index in [4.69, 9.17) is 4.74 Å². The van der Waals surface area contributed by atoms with Crippen LogP contribution < -0.4 is 4.74 Å². The number of rotatable bonds is 5. The minimum Gasteiger partial charge on any atom is -0.490 e. The highest BCUT2D eigenvalue weighted by Gasteiger charge is 2.35. The van der Waals surface area contributed by atoms with Gasteiger partial charge in [-0.2, -0.15) is 0 Å². The van der Waals surface area contributed by atoms with Crippen LogP contribution in [0.1, 0.15) is 11.1 Å². The van der Waals surface area contributed by atoms with E-state index in [1.54, 1.807) is 6.07 Å². The number of carbonyl (C=O) groups excluding carboxylic acids is 2. The molecule has 1 heterocycles. The Balaban J connectivity index is 1.89. The molecule has 0 saturated carbocycles. The molecule has 0 aromatic heterocycles. The minimum absolute atomic E-state index is 0.0481. The van der Waals surface area contributed by atoms with Crippen molar-refractivity contribution in [3.05, 3.63) is 72.2 Å². The van der Waals surface area contributed by atoms with Gasteiger partial charge in [0, 0.05) is 15.2 Å². The van der Waals surface area contributed by atoms with E-state index >= 15 is 0 Å². The Morgan fingerprint density at radius 3 is 2.56 bits per heavy atom. The van der Waals surface area contributed by atoms with E-state index < -0.39 is 10.8 Å². The molecule has 1 fully saturated rings. The normalized spacial score (nSPS) is 15.5. The summed E-state index contributed by atoms with van der Waals surface area (Å²) in [5, 5.41) is 10.8. The monoisotopic (exact) mass is 496 g/mol. The van der Waals surface area contributed by atoms with Gasteiger partial charge >= 0.3 is 5.69 Å². The van der Waals surface area contributed by atoms with Gasteiger partial charge in [0.2, 0.25) is 5.75 Å². The smallest absolute Gasteiger partial charge is 0.311 e. The molecule has 2 amide bonds. The molecule has 0 atom stereocenters. The van der Waals surface area contributed by atoms with Gasteiger partial charge in [-0.25, -0.2) is 0 Å². The molecule has 0 N–H and O–H groups in total. The zero-order chi connectivity index (χ0) is 19.6. The van der Waals surface area contributed by atoms with E-state index in [0.29, 0.717) is 5.56 Å². The number of amides is 2. The molecule has 0 aliphatic carbocycles. The van der Waals surface area contributed by atoms with E-state index in [-0.39, 0.29) is 28.1 Å². The van der Waals surface area contributed by atoms with Crippen molar-refractivity contribution in [2.24, 2.45) is 0 Å². The predicted molar refractivity (Wildman–Crippen MR) is 110 cm³/mol. The zero-order valence-corrected chi connectivity index (χ0v) is 17.0. The van der Waals surface area contributed by atoms with Gasteiger partial charge in [0.25, 0.3) is 11.1 Å². The van der Waals surface area contributed by atoms with Crippen LogP contribution in [-0.4, -0.2) is 28.1 Å². The Kier molecular flexibility index (Phi) is 5.80. The van der Waals surface area contributed by atoms with Gasteiger partial charge in [-0.05, 0) is 58.1 Å². The first-order chi connectivity index (χ1) is 12.9. The Morgan fingerprint density at radius 1 is 1.22 bits per heavy atom. The number of carbonyl (C=O) groups is 2. The maximum atomic E-state index is 12.6. The average molecular weight is 496 g/mol.